The zero-order valence-corrected chi connectivity index (χ0v) is 12.9. The van der Waals surface area contributed by atoms with Crippen molar-refractivity contribution in [3.05, 3.63) is 35.2 Å². The van der Waals surface area contributed by atoms with Crippen LogP contribution in [0.3, 0.4) is 0 Å². The van der Waals surface area contributed by atoms with E-state index in [0.717, 1.165) is 10.1 Å². The Hall–Kier alpha value is -1.88. The summed E-state index contributed by atoms with van der Waals surface area (Å²) in [6.45, 7) is 4.12. The number of rotatable bonds is 6. The van der Waals surface area contributed by atoms with Gasteiger partial charge in [-0.05, 0) is 29.9 Å². The summed E-state index contributed by atoms with van der Waals surface area (Å²) in [7, 11) is 0. The monoisotopic (exact) mass is 305 g/mol. The van der Waals surface area contributed by atoms with Crippen LogP contribution in [-0.2, 0) is 4.79 Å². The first-order valence-electron chi connectivity index (χ1n) is 6.97. The smallest absolute Gasteiger partial charge is 0.308 e. The second-order valence-corrected chi connectivity index (χ2v) is 6.61. The molecule has 1 heterocycles. The van der Waals surface area contributed by atoms with Gasteiger partial charge < -0.3 is 10.4 Å². The summed E-state index contributed by atoms with van der Waals surface area (Å²) in [6.07, 6.45) is 0.558. The summed E-state index contributed by atoms with van der Waals surface area (Å²) in [5.74, 6) is -1.32. The molecule has 5 heteroatoms. The molecule has 0 aliphatic rings. The van der Waals surface area contributed by atoms with Crippen LogP contribution >= 0.6 is 11.3 Å². The molecule has 2 rings (SSSR count). The van der Waals surface area contributed by atoms with Gasteiger partial charge in [-0.25, -0.2) is 0 Å². The van der Waals surface area contributed by atoms with Crippen LogP contribution in [0.25, 0.3) is 10.1 Å². The number of carbonyl (C=O) groups excluding carboxylic acids is 1. The first kappa shape index (κ1) is 15.5. The number of carboxylic acid groups (broad SMARTS) is 1. The number of aliphatic carboxylic acids is 1. The van der Waals surface area contributed by atoms with Crippen molar-refractivity contribution in [1.82, 2.24) is 5.32 Å². The lowest BCUT2D eigenvalue weighted by Gasteiger charge is -2.14. The maximum Gasteiger partial charge on any atom is 0.308 e. The van der Waals surface area contributed by atoms with Crippen molar-refractivity contribution < 1.29 is 14.7 Å². The van der Waals surface area contributed by atoms with E-state index in [1.165, 1.54) is 11.3 Å². The Morgan fingerprint density at radius 3 is 2.62 bits per heavy atom. The van der Waals surface area contributed by atoms with Crippen LogP contribution in [0.2, 0.25) is 0 Å². The minimum atomic E-state index is -0.861. The molecule has 2 aromatic rings. The van der Waals surface area contributed by atoms with Gasteiger partial charge in [-0.1, -0.05) is 32.0 Å². The molecule has 21 heavy (non-hydrogen) atoms. The molecule has 0 spiro atoms. The first-order valence-corrected chi connectivity index (χ1v) is 7.78. The van der Waals surface area contributed by atoms with Gasteiger partial charge in [0.1, 0.15) is 0 Å². The molecule has 2 N–H and O–H groups in total. The predicted molar refractivity (Wildman–Crippen MR) is 84.7 cm³/mol. The van der Waals surface area contributed by atoms with Crippen molar-refractivity contribution in [2.45, 2.75) is 20.3 Å². The number of nitrogens with one attached hydrogen (secondary N) is 1. The van der Waals surface area contributed by atoms with Crippen molar-refractivity contribution in [2.24, 2.45) is 11.8 Å². The lowest BCUT2D eigenvalue weighted by molar-refractivity contribution is -0.142. The second-order valence-electron chi connectivity index (χ2n) is 5.52. The SMILES string of the molecule is CC(C)CC(CNC(=O)c1cc2ccccc2s1)C(=O)O. The van der Waals surface area contributed by atoms with E-state index in [2.05, 4.69) is 5.32 Å². The molecule has 0 fully saturated rings. The van der Waals surface area contributed by atoms with E-state index < -0.39 is 11.9 Å². The fourth-order valence-electron chi connectivity index (χ4n) is 2.24. The first-order chi connectivity index (χ1) is 9.97. The summed E-state index contributed by atoms with van der Waals surface area (Å²) < 4.78 is 1.06. The Morgan fingerprint density at radius 2 is 2.00 bits per heavy atom. The number of carbonyl (C=O) groups is 2. The fourth-order valence-corrected chi connectivity index (χ4v) is 3.22. The molecule has 0 radical (unpaired) electrons. The summed E-state index contributed by atoms with van der Waals surface area (Å²) in [4.78, 5) is 23.9. The Bertz CT molecular complexity index is 615. The standard InChI is InChI=1S/C16H19NO3S/c1-10(2)7-12(16(19)20)9-17-15(18)14-8-11-5-3-4-6-13(11)21-14/h3-6,8,10,12H,7,9H2,1-2H3,(H,17,18)(H,19,20). The molecule has 1 amide bonds. The largest absolute Gasteiger partial charge is 0.481 e. The Kier molecular flexibility index (Phi) is 4.96. The van der Waals surface area contributed by atoms with E-state index in [-0.39, 0.29) is 18.4 Å². The average molecular weight is 305 g/mol. The zero-order valence-electron chi connectivity index (χ0n) is 12.1. The normalized spacial score (nSPS) is 12.5. The van der Waals surface area contributed by atoms with Crippen LogP contribution in [0.5, 0.6) is 0 Å². The van der Waals surface area contributed by atoms with Crippen molar-refractivity contribution >= 4 is 33.3 Å². The number of hydrogen-bond acceptors (Lipinski definition) is 3. The Balaban J connectivity index is 2.01. The average Bonchev–Trinajstić information content (AvgIpc) is 2.86. The van der Waals surface area contributed by atoms with Crippen molar-refractivity contribution in [3.8, 4) is 0 Å². The van der Waals surface area contributed by atoms with Crippen molar-refractivity contribution in [1.29, 1.82) is 0 Å². The highest BCUT2D eigenvalue weighted by Crippen LogP contribution is 2.25. The highest BCUT2D eigenvalue weighted by atomic mass is 32.1. The van der Waals surface area contributed by atoms with Crippen LogP contribution in [0.15, 0.2) is 30.3 Å². The van der Waals surface area contributed by atoms with Gasteiger partial charge in [0.25, 0.3) is 5.91 Å². The minimum absolute atomic E-state index is 0.167. The van der Waals surface area contributed by atoms with E-state index in [0.29, 0.717) is 11.3 Å². The molecular formula is C16H19NO3S. The lowest BCUT2D eigenvalue weighted by atomic mass is 9.97. The van der Waals surface area contributed by atoms with Crippen LogP contribution in [0, 0.1) is 11.8 Å². The number of benzene rings is 1. The van der Waals surface area contributed by atoms with E-state index in [4.69, 9.17) is 0 Å². The molecule has 1 aromatic carbocycles. The van der Waals surface area contributed by atoms with E-state index in [9.17, 15) is 14.7 Å². The fraction of sp³-hybridized carbons (Fsp3) is 0.375. The summed E-state index contributed by atoms with van der Waals surface area (Å²) in [6, 6.07) is 9.63. The zero-order chi connectivity index (χ0) is 15.4. The van der Waals surface area contributed by atoms with Crippen LogP contribution in [0.4, 0.5) is 0 Å². The molecule has 112 valence electrons. The van der Waals surface area contributed by atoms with Gasteiger partial charge in [0.15, 0.2) is 0 Å². The topological polar surface area (TPSA) is 66.4 Å². The van der Waals surface area contributed by atoms with Gasteiger partial charge >= 0.3 is 5.97 Å². The van der Waals surface area contributed by atoms with Gasteiger partial charge in [-0.3, -0.25) is 9.59 Å². The summed E-state index contributed by atoms with van der Waals surface area (Å²) in [5, 5.41) is 12.9. The molecule has 0 bridgehead atoms. The van der Waals surface area contributed by atoms with Crippen molar-refractivity contribution in [2.75, 3.05) is 6.54 Å². The quantitative estimate of drug-likeness (QED) is 0.860. The Morgan fingerprint density at radius 1 is 1.29 bits per heavy atom. The van der Waals surface area contributed by atoms with Crippen LogP contribution in [-0.4, -0.2) is 23.5 Å². The number of carboxylic acids is 1. The molecule has 0 saturated carbocycles. The summed E-state index contributed by atoms with van der Waals surface area (Å²) in [5.41, 5.74) is 0. The maximum atomic E-state index is 12.1. The van der Waals surface area contributed by atoms with Gasteiger partial charge in [0.2, 0.25) is 0 Å². The molecule has 0 saturated heterocycles. The number of hydrogen-bond donors (Lipinski definition) is 2. The van der Waals surface area contributed by atoms with E-state index in [1.807, 2.05) is 44.2 Å². The highest BCUT2D eigenvalue weighted by molar-refractivity contribution is 7.20. The Labute approximate surface area is 127 Å². The maximum absolute atomic E-state index is 12.1. The third-order valence-electron chi connectivity index (χ3n) is 3.26. The third kappa shape index (κ3) is 4.04. The molecule has 4 nitrogen and oxygen atoms in total. The van der Waals surface area contributed by atoms with Crippen LogP contribution < -0.4 is 5.32 Å². The number of amides is 1. The number of thiophene rings is 1. The van der Waals surface area contributed by atoms with E-state index >= 15 is 0 Å². The number of fused-ring (bicyclic) bond motifs is 1. The second kappa shape index (κ2) is 6.72. The van der Waals surface area contributed by atoms with Crippen molar-refractivity contribution in [3.63, 3.8) is 0 Å². The molecule has 0 aliphatic heterocycles. The molecule has 0 aliphatic carbocycles. The molecule has 1 atom stereocenters. The highest BCUT2D eigenvalue weighted by Gasteiger charge is 2.20. The van der Waals surface area contributed by atoms with Crippen LogP contribution in [0.1, 0.15) is 29.9 Å². The van der Waals surface area contributed by atoms with Gasteiger partial charge in [0.05, 0.1) is 10.8 Å². The van der Waals surface area contributed by atoms with Gasteiger partial charge in [-0.15, -0.1) is 11.3 Å². The molecule has 1 aromatic heterocycles. The van der Waals surface area contributed by atoms with Gasteiger partial charge in [-0.2, -0.15) is 0 Å². The van der Waals surface area contributed by atoms with Gasteiger partial charge in [0, 0.05) is 11.2 Å². The minimum Gasteiger partial charge on any atom is -0.481 e. The molecular weight excluding hydrogens is 286 g/mol. The third-order valence-corrected chi connectivity index (χ3v) is 4.38. The van der Waals surface area contributed by atoms with E-state index in [1.54, 1.807) is 0 Å². The molecule has 1 unspecified atom stereocenters. The lowest BCUT2D eigenvalue weighted by Crippen LogP contribution is -2.33. The predicted octanol–water partition coefficient (Wildman–Crippen LogP) is 3.38. The summed E-state index contributed by atoms with van der Waals surface area (Å²) >= 11 is 1.42.